The number of amides is 2. The Morgan fingerprint density at radius 1 is 1.15 bits per heavy atom. The molecule has 1 aromatic carbocycles. The average Bonchev–Trinajstić information content (AvgIpc) is 3.15. The molecular weight excluding hydrogens is 334 g/mol. The fraction of sp³-hybridized carbons (Fsp3) is 0.368. The second-order valence-electron chi connectivity index (χ2n) is 6.23. The summed E-state index contributed by atoms with van der Waals surface area (Å²) in [6.45, 7) is 0.867. The zero-order chi connectivity index (χ0) is 19.1. The number of rotatable bonds is 7. The van der Waals surface area contributed by atoms with E-state index in [9.17, 15) is 9.59 Å². The van der Waals surface area contributed by atoms with Crippen LogP contribution in [0.3, 0.4) is 0 Å². The van der Waals surface area contributed by atoms with E-state index in [2.05, 4.69) is 10.1 Å². The van der Waals surface area contributed by atoms with Gasteiger partial charge in [-0.3, -0.25) is 4.90 Å². The summed E-state index contributed by atoms with van der Waals surface area (Å²) in [5, 5.41) is 2.92. The van der Waals surface area contributed by atoms with E-state index in [-0.39, 0.29) is 18.0 Å². The van der Waals surface area contributed by atoms with Crippen molar-refractivity contribution < 1.29 is 18.7 Å². The normalized spacial score (nSPS) is 11.9. The van der Waals surface area contributed by atoms with Crippen molar-refractivity contribution in [2.24, 2.45) is 0 Å². The molecule has 0 aliphatic rings. The van der Waals surface area contributed by atoms with E-state index in [1.54, 1.807) is 30.3 Å². The van der Waals surface area contributed by atoms with E-state index in [0.29, 0.717) is 18.7 Å². The third-order valence-corrected chi connectivity index (χ3v) is 4.08. The SMILES string of the molecule is COC(=O)c1ccc(CN(C)C(=O)NCC(c2ccco2)N(C)C)cc1. The Morgan fingerprint density at radius 2 is 1.85 bits per heavy atom. The highest BCUT2D eigenvalue weighted by molar-refractivity contribution is 5.89. The number of likely N-dealkylation sites (N-methyl/N-ethyl adjacent to an activating group) is 1. The summed E-state index contributed by atoms with van der Waals surface area (Å²) in [6.07, 6.45) is 1.62. The second kappa shape index (κ2) is 9.05. The smallest absolute Gasteiger partial charge is 0.337 e. The van der Waals surface area contributed by atoms with Crippen molar-refractivity contribution >= 4 is 12.0 Å². The monoisotopic (exact) mass is 359 g/mol. The summed E-state index contributed by atoms with van der Waals surface area (Å²) in [4.78, 5) is 27.4. The van der Waals surface area contributed by atoms with Crippen LogP contribution in [0.2, 0.25) is 0 Å². The van der Waals surface area contributed by atoms with Gasteiger partial charge in [-0.25, -0.2) is 9.59 Å². The third kappa shape index (κ3) is 5.10. The van der Waals surface area contributed by atoms with Gasteiger partial charge in [-0.15, -0.1) is 0 Å². The molecule has 0 saturated carbocycles. The number of urea groups is 1. The summed E-state index contributed by atoms with van der Waals surface area (Å²) in [5.41, 5.74) is 1.40. The standard InChI is InChI=1S/C19H25N3O4/c1-21(2)16(17-6-5-11-26-17)12-20-19(24)22(3)13-14-7-9-15(10-8-14)18(23)25-4/h5-11,16H,12-13H2,1-4H3,(H,20,24). The maximum atomic E-state index is 12.4. The molecule has 1 aromatic heterocycles. The van der Waals surface area contributed by atoms with Crippen molar-refractivity contribution in [3.05, 3.63) is 59.5 Å². The molecule has 0 spiro atoms. The number of methoxy groups -OCH3 is 1. The highest BCUT2D eigenvalue weighted by Gasteiger charge is 2.19. The number of nitrogens with one attached hydrogen (secondary N) is 1. The molecule has 0 bridgehead atoms. The molecule has 0 aliphatic carbocycles. The quantitative estimate of drug-likeness (QED) is 0.769. The maximum Gasteiger partial charge on any atom is 0.337 e. The van der Waals surface area contributed by atoms with Crippen molar-refractivity contribution in [2.75, 3.05) is 34.8 Å². The molecule has 1 unspecified atom stereocenters. The van der Waals surface area contributed by atoms with Crippen molar-refractivity contribution in [3.8, 4) is 0 Å². The number of carbonyl (C=O) groups is 2. The van der Waals surface area contributed by atoms with Crippen LogP contribution in [0.1, 0.15) is 27.7 Å². The number of furan rings is 1. The number of hydrogen-bond donors (Lipinski definition) is 1. The Kier molecular flexibility index (Phi) is 6.80. The van der Waals surface area contributed by atoms with Gasteiger partial charge in [-0.2, -0.15) is 0 Å². The van der Waals surface area contributed by atoms with Crippen molar-refractivity contribution in [1.29, 1.82) is 0 Å². The molecule has 140 valence electrons. The first-order chi connectivity index (χ1) is 12.4. The molecule has 1 N–H and O–H groups in total. The Bertz CT molecular complexity index is 711. The van der Waals surface area contributed by atoms with Gasteiger partial charge in [0.1, 0.15) is 5.76 Å². The lowest BCUT2D eigenvalue weighted by atomic mass is 10.1. The van der Waals surface area contributed by atoms with Gasteiger partial charge in [-0.1, -0.05) is 12.1 Å². The Morgan fingerprint density at radius 3 is 2.38 bits per heavy atom. The minimum Gasteiger partial charge on any atom is -0.468 e. The van der Waals surface area contributed by atoms with E-state index in [4.69, 9.17) is 4.42 Å². The van der Waals surface area contributed by atoms with Gasteiger partial charge in [-0.05, 0) is 43.9 Å². The minimum absolute atomic E-state index is 0.0401. The number of hydrogen-bond acceptors (Lipinski definition) is 5. The number of benzene rings is 1. The maximum absolute atomic E-state index is 12.4. The predicted octanol–water partition coefficient (Wildman–Crippen LogP) is 2.51. The van der Waals surface area contributed by atoms with Gasteiger partial charge < -0.3 is 19.4 Å². The summed E-state index contributed by atoms with van der Waals surface area (Å²) in [5.74, 6) is 0.423. The molecule has 0 aliphatic heterocycles. The van der Waals surface area contributed by atoms with Crippen LogP contribution in [0.5, 0.6) is 0 Å². The molecule has 2 aromatic rings. The molecule has 2 amide bonds. The Hall–Kier alpha value is -2.80. The van der Waals surface area contributed by atoms with Crippen LogP contribution < -0.4 is 5.32 Å². The Labute approximate surface area is 153 Å². The average molecular weight is 359 g/mol. The fourth-order valence-electron chi connectivity index (χ4n) is 2.55. The van der Waals surface area contributed by atoms with Crippen LogP contribution in [0.4, 0.5) is 4.79 Å². The number of esters is 1. The number of carbonyl (C=O) groups excluding carboxylic acids is 2. The molecule has 0 saturated heterocycles. The zero-order valence-electron chi connectivity index (χ0n) is 15.6. The summed E-state index contributed by atoms with van der Waals surface area (Å²) in [6, 6.07) is 10.5. The molecule has 2 rings (SSSR count). The highest BCUT2D eigenvalue weighted by Crippen LogP contribution is 2.17. The molecule has 0 radical (unpaired) electrons. The number of nitrogens with zero attached hydrogens (tertiary/aromatic N) is 2. The third-order valence-electron chi connectivity index (χ3n) is 4.08. The topological polar surface area (TPSA) is 75.0 Å². The lowest BCUT2D eigenvalue weighted by Crippen LogP contribution is -2.41. The Balaban J connectivity index is 1.89. The van der Waals surface area contributed by atoms with Crippen molar-refractivity contribution in [3.63, 3.8) is 0 Å². The first kappa shape index (κ1) is 19.5. The lowest BCUT2D eigenvalue weighted by Gasteiger charge is -2.24. The molecule has 1 heterocycles. The van der Waals surface area contributed by atoms with Gasteiger partial charge in [0, 0.05) is 20.1 Å². The van der Waals surface area contributed by atoms with E-state index < -0.39 is 0 Å². The minimum atomic E-state index is -0.379. The summed E-state index contributed by atoms with van der Waals surface area (Å²) < 4.78 is 10.1. The zero-order valence-corrected chi connectivity index (χ0v) is 15.6. The van der Waals surface area contributed by atoms with E-state index in [1.165, 1.54) is 7.11 Å². The van der Waals surface area contributed by atoms with Crippen LogP contribution in [0, 0.1) is 0 Å². The van der Waals surface area contributed by atoms with Crippen LogP contribution in [0.15, 0.2) is 47.1 Å². The molecule has 1 atom stereocenters. The fourth-order valence-corrected chi connectivity index (χ4v) is 2.55. The lowest BCUT2D eigenvalue weighted by molar-refractivity contribution is 0.0600. The first-order valence-electron chi connectivity index (χ1n) is 8.28. The molecule has 26 heavy (non-hydrogen) atoms. The largest absolute Gasteiger partial charge is 0.468 e. The van der Waals surface area contributed by atoms with Crippen molar-refractivity contribution in [1.82, 2.24) is 15.1 Å². The summed E-state index contributed by atoms with van der Waals surface area (Å²) >= 11 is 0. The second-order valence-corrected chi connectivity index (χ2v) is 6.23. The van der Waals surface area contributed by atoms with E-state index in [1.807, 2.05) is 43.3 Å². The van der Waals surface area contributed by atoms with Crippen LogP contribution in [-0.4, -0.2) is 56.6 Å². The summed E-state index contributed by atoms with van der Waals surface area (Å²) in [7, 11) is 6.94. The van der Waals surface area contributed by atoms with Crippen LogP contribution >= 0.6 is 0 Å². The van der Waals surface area contributed by atoms with Crippen LogP contribution in [0.25, 0.3) is 0 Å². The van der Waals surface area contributed by atoms with Gasteiger partial charge >= 0.3 is 12.0 Å². The molecular formula is C19H25N3O4. The predicted molar refractivity (Wildman–Crippen MR) is 97.8 cm³/mol. The first-order valence-corrected chi connectivity index (χ1v) is 8.28. The van der Waals surface area contributed by atoms with Gasteiger partial charge in [0.05, 0.1) is 25.0 Å². The van der Waals surface area contributed by atoms with Crippen LogP contribution in [-0.2, 0) is 11.3 Å². The van der Waals surface area contributed by atoms with E-state index in [0.717, 1.165) is 11.3 Å². The molecule has 0 fully saturated rings. The highest BCUT2D eigenvalue weighted by atomic mass is 16.5. The number of ether oxygens (including phenoxy) is 1. The van der Waals surface area contributed by atoms with Gasteiger partial charge in [0.15, 0.2) is 0 Å². The molecule has 7 nitrogen and oxygen atoms in total. The van der Waals surface area contributed by atoms with E-state index >= 15 is 0 Å². The van der Waals surface area contributed by atoms with Gasteiger partial charge in [0.2, 0.25) is 0 Å². The van der Waals surface area contributed by atoms with Crippen molar-refractivity contribution in [2.45, 2.75) is 12.6 Å². The van der Waals surface area contributed by atoms with Gasteiger partial charge in [0.25, 0.3) is 0 Å². The molecule has 7 heteroatoms.